The van der Waals surface area contributed by atoms with E-state index in [1.807, 2.05) is 6.92 Å². The van der Waals surface area contributed by atoms with Crippen molar-refractivity contribution < 1.29 is 9.53 Å². The first-order chi connectivity index (χ1) is 5.25. The second-order valence-corrected chi connectivity index (χ2v) is 2.84. The van der Waals surface area contributed by atoms with Crippen LogP contribution in [0.5, 0.6) is 0 Å². The van der Waals surface area contributed by atoms with E-state index < -0.39 is 0 Å². The van der Waals surface area contributed by atoms with Gasteiger partial charge in [-0.3, -0.25) is 10.2 Å². The van der Waals surface area contributed by atoms with E-state index >= 15 is 0 Å². The van der Waals surface area contributed by atoms with Gasteiger partial charge >= 0.3 is 5.97 Å². The van der Waals surface area contributed by atoms with Crippen molar-refractivity contribution in [1.29, 1.82) is 0 Å². The van der Waals surface area contributed by atoms with Crippen LogP contribution in [-0.2, 0) is 9.53 Å². The Balaban J connectivity index is 2.47. The average molecular weight is 158 g/mol. The molecule has 1 aliphatic heterocycles. The van der Waals surface area contributed by atoms with Crippen LogP contribution in [0, 0.1) is 5.92 Å². The molecular weight excluding hydrogens is 144 g/mol. The third-order valence-electron chi connectivity index (χ3n) is 2.01. The van der Waals surface area contributed by atoms with Crippen molar-refractivity contribution >= 4 is 5.97 Å². The highest BCUT2D eigenvalue weighted by Crippen LogP contribution is 2.11. The average Bonchev–Trinajstić information content (AvgIpc) is 2.04. The molecule has 0 aromatic rings. The normalized spacial score (nSPS) is 31.5. The van der Waals surface area contributed by atoms with Crippen molar-refractivity contribution in [2.75, 3.05) is 13.7 Å². The first-order valence-corrected chi connectivity index (χ1v) is 3.82. The van der Waals surface area contributed by atoms with Crippen molar-refractivity contribution in [1.82, 2.24) is 10.9 Å². The molecule has 0 saturated carbocycles. The Hall–Kier alpha value is -0.610. The Morgan fingerprint density at radius 2 is 2.36 bits per heavy atom. The van der Waals surface area contributed by atoms with Gasteiger partial charge in [-0.2, -0.15) is 0 Å². The summed E-state index contributed by atoms with van der Waals surface area (Å²) in [6.45, 7) is 2.95. The van der Waals surface area contributed by atoms with E-state index in [2.05, 4.69) is 15.6 Å². The molecule has 1 heterocycles. The molecule has 4 nitrogen and oxygen atoms in total. The van der Waals surface area contributed by atoms with E-state index in [1.54, 1.807) is 0 Å². The lowest BCUT2D eigenvalue weighted by Crippen LogP contribution is -2.54. The number of hydrogen-bond donors (Lipinski definition) is 2. The van der Waals surface area contributed by atoms with Crippen LogP contribution in [0.15, 0.2) is 0 Å². The van der Waals surface area contributed by atoms with E-state index in [9.17, 15) is 4.79 Å². The van der Waals surface area contributed by atoms with Crippen LogP contribution in [0.1, 0.15) is 13.3 Å². The molecule has 1 saturated heterocycles. The Labute approximate surface area is 66.3 Å². The molecule has 0 spiro atoms. The van der Waals surface area contributed by atoms with Gasteiger partial charge in [0.05, 0.1) is 7.11 Å². The number of hydrogen-bond acceptors (Lipinski definition) is 4. The minimum Gasteiger partial charge on any atom is -0.468 e. The Morgan fingerprint density at radius 3 is 2.91 bits per heavy atom. The van der Waals surface area contributed by atoms with Crippen molar-refractivity contribution in [3.63, 3.8) is 0 Å². The molecule has 0 amide bonds. The van der Waals surface area contributed by atoms with Crippen LogP contribution in [-0.4, -0.2) is 25.7 Å². The molecule has 0 aromatic carbocycles. The summed E-state index contributed by atoms with van der Waals surface area (Å²) in [5, 5.41) is 0. The van der Waals surface area contributed by atoms with E-state index in [-0.39, 0.29) is 12.0 Å². The van der Waals surface area contributed by atoms with Gasteiger partial charge in [0.25, 0.3) is 0 Å². The largest absolute Gasteiger partial charge is 0.468 e. The molecule has 0 bridgehead atoms. The molecule has 64 valence electrons. The standard InChI is InChI=1S/C7H14N2O2/c1-5-3-4-8-9-6(5)7(10)11-2/h5-6,8-9H,3-4H2,1-2H3/t5-,6-/m1/s1. The van der Waals surface area contributed by atoms with Gasteiger partial charge in [0.2, 0.25) is 0 Å². The molecular formula is C7H14N2O2. The number of methoxy groups -OCH3 is 1. The fourth-order valence-corrected chi connectivity index (χ4v) is 1.21. The third kappa shape index (κ3) is 1.91. The molecule has 1 aliphatic rings. The summed E-state index contributed by atoms with van der Waals surface area (Å²) in [6, 6.07) is -0.186. The van der Waals surface area contributed by atoms with E-state index in [0.29, 0.717) is 5.92 Å². The number of esters is 1. The molecule has 4 heteroatoms. The minimum atomic E-state index is -0.190. The summed E-state index contributed by atoms with van der Waals surface area (Å²) >= 11 is 0. The van der Waals surface area contributed by atoms with Gasteiger partial charge in [0.15, 0.2) is 0 Å². The van der Waals surface area contributed by atoms with Gasteiger partial charge in [-0.15, -0.1) is 0 Å². The fraction of sp³-hybridized carbons (Fsp3) is 0.857. The lowest BCUT2D eigenvalue weighted by molar-refractivity contribution is -0.145. The van der Waals surface area contributed by atoms with E-state index in [1.165, 1.54) is 7.11 Å². The summed E-state index contributed by atoms with van der Waals surface area (Å²) in [5.41, 5.74) is 5.82. The minimum absolute atomic E-state index is 0.186. The quantitative estimate of drug-likeness (QED) is 0.513. The van der Waals surface area contributed by atoms with Crippen LogP contribution in [0.2, 0.25) is 0 Å². The Morgan fingerprint density at radius 1 is 1.64 bits per heavy atom. The van der Waals surface area contributed by atoms with Crippen molar-refractivity contribution in [3.05, 3.63) is 0 Å². The zero-order chi connectivity index (χ0) is 8.27. The molecule has 2 atom stereocenters. The third-order valence-corrected chi connectivity index (χ3v) is 2.01. The lowest BCUT2D eigenvalue weighted by Gasteiger charge is -2.28. The molecule has 1 fully saturated rings. The van der Waals surface area contributed by atoms with E-state index in [4.69, 9.17) is 0 Å². The predicted octanol–water partition coefficient (Wildman–Crippen LogP) is -0.338. The van der Waals surface area contributed by atoms with Crippen LogP contribution in [0.4, 0.5) is 0 Å². The second-order valence-electron chi connectivity index (χ2n) is 2.84. The Kier molecular flexibility index (Phi) is 2.84. The summed E-state index contributed by atoms with van der Waals surface area (Å²) < 4.78 is 4.62. The summed E-state index contributed by atoms with van der Waals surface area (Å²) in [6.07, 6.45) is 1.01. The Bertz CT molecular complexity index is 149. The number of ether oxygens (including phenoxy) is 1. The number of carbonyl (C=O) groups excluding carboxylic acids is 1. The zero-order valence-corrected chi connectivity index (χ0v) is 6.89. The monoisotopic (exact) mass is 158 g/mol. The van der Waals surface area contributed by atoms with Crippen LogP contribution < -0.4 is 10.9 Å². The SMILES string of the molecule is COC(=O)[C@@H]1NNCC[C@H]1C. The topological polar surface area (TPSA) is 50.4 Å². The summed E-state index contributed by atoms with van der Waals surface area (Å²) in [4.78, 5) is 11.1. The fourth-order valence-electron chi connectivity index (χ4n) is 1.21. The van der Waals surface area contributed by atoms with Crippen molar-refractivity contribution in [3.8, 4) is 0 Å². The van der Waals surface area contributed by atoms with Gasteiger partial charge in [0.1, 0.15) is 6.04 Å². The van der Waals surface area contributed by atoms with Crippen LogP contribution in [0.3, 0.4) is 0 Å². The lowest BCUT2D eigenvalue weighted by atomic mass is 9.97. The number of carbonyl (C=O) groups is 1. The first-order valence-electron chi connectivity index (χ1n) is 3.82. The maximum Gasteiger partial charge on any atom is 0.324 e. The highest BCUT2D eigenvalue weighted by atomic mass is 16.5. The second kappa shape index (κ2) is 3.69. The van der Waals surface area contributed by atoms with Gasteiger partial charge in [-0.25, -0.2) is 5.43 Å². The van der Waals surface area contributed by atoms with Gasteiger partial charge in [-0.05, 0) is 12.3 Å². The van der Waals surface area contributed by atoms with Crippen molar-refractivity contribution in [2.24, 2.45) is 5.92 Å². The number of nitrogens with one attached hydrogen (secondary N) is 2. The maximum absolute atomic E-state index is 11.1. The molecule has 0 unspecified atom stereocenters. The smallest absolute Gasteiger partial charge is 0.324 e. The predicted molar refractivity (Wildman–Crippen MR) is 40.7 cm³/mol. The zero-order valence-electron chi connectivity index (χ0n) is 6.89. The van der Waals surface area contributed by atoms with Crippen LogP contribution in [0.25, 0.3) is 0 Å². The number of rotatable bonds is 1. The van der Waals surface area contributed by atoms with E-state index in [0.717, 1.165) is 13.0 Å². The van der Waals surface area contributed by atoms with Crippen molar-refractivity contribution in [2.45, 2.75) is 19.4 Å². The van der Waals surface area contributed by atoms with Crippen LogP contribution >= 0.6 is 0 Å². The van der Waals surface area contributed by atoms with Gasteiger partial charge in [-0.1, -0.05) is 6.92 Å². The summed E-state index contributed by atoms with van der Waals surface area (Å²) in [7, 11) is 1.41. The molecule has 0 aromatic heterocycles. The highest BCUT2D eigenvalue weighted by molar-refractivity contribution is 5.76. The molecule has 0 aliphatic carbocycles. The van der Waals surface area contributed by atoms with Gasteiger partial charge in [0, 0.05) is 6.54 Å². The molecule has 11 heavy (non-hydrogen) atoms. The number of hydrazine groups is 1. The maximum atomic E-state index is 11.1. The molecule has 0 radical (unpaired) electrons. The highest BCUT2D eigenvalue weighted by Gasteiger charge is 2.27. The molecule has 2 N–H and O–H groups in total. The van der Waals surface area contributed by atoms with Gasteiger partial charge < -0.3 is 4.74 Å². The first kappa shape index (κ1) is 8.49. The molecule has 1 rings (SSSR count). The summed E-state index contributed by atoms with van der Waals surface area (Å²) in [5.74, 6) is 0.161.